The van der Waals surface area contributed by atoms with Gasteiger partial charge in [0.25, 0.3) is 5.24 Å². The number of nitrogens with zero attached hydrogens (tertiary/aromatic N) is 2. The Morgan fingerprint density at radius 3 is 2.38 bits per heavy atom. The van der Waals surface area contributed by atoms with Crippen molar-refractivity contribution in [2.75, 3.05) is 18.8 Å². The lowest BCUT2D eigenvalue weighted by Gasteiger charge is -2.35. The molecule has 140 valence electrons. The van der Waals surface area contributed by atoms with Gasteiger partial charge in [-0.2, -0.15) is 0 Å². The minimum Gasteiger partial charge on any atom is -0.342 e. The molecule has 0 spiro atoms. The van der Waals surface area contributed by atoms with Gasteiger partial charge in [0.05, 0.1) is 12.2 Å². The Morgan fingerprint density at radius 1 is 1.19 bits per heavy atom. The fourth-order valence-corrected chi connectivity index (χ4v) is 4.95. The van der Waals surface area contributed by atoms with Crippen molar-refractivity contribution in [1.29, 1.82) is 0 Å². The molecule has 3 rings (SSSR count). The molecular formula is C19H24N2O3S2. The molecule has 2 aliphatic rings. The highest BCUT2D eigenvalue weighted by Gasteiger charge is 2.37. The number of thioether (sulfide) groups is 2. The van der Waals surface area contributed by atoms with Gasteiger partial charge in [0.15, 0.2) is 0 Å². The monoisotopic (exact) mass is 392 g/mol. The van der Waals surface area contributed by atoms with Gasteiger partial charge in [-0.05, 0) is 30.5 Å². The van der Waals surface area contributed by atoms with Gasteiger partial charge in [-0.15, -0.1) is 11.8 Å². The van der Waals surface area contributed by atoms with Crippen molar-refractivity contribution in [2.24, 2.45) is 0 Å². The van der Waals surface area contributed by atoms with Crippen LogP contribution in [0.2, 0.25) is 0 Å². The fraction of sp³-hybridized carbons (Fsp3) is 0.526. The normalized spacial score (nSPS) is 18.9. The number of imide groups is 1. The van der Waals surface area contributed by atoms with Crippen molar-refractivity contribution in [1.82, 2.24) is 9.80 Å². The van der Waals surface area contributed by atoms with Crippen LogP contribution in [0.3, 0.4) is 0 Å². The van der Waals surface area contributed by atoms with Crippen LogP contribution in [0.15, 0.2) is 29.2 Å². The molecule has 0 aromatic heterocycles. The maximum absolute atomic E-state index is 12.6. The molecule has 5 nitrogen and oxygen atoms in total. The van der Waals surface area contributed by atoms with Crippen LogP contribution in [0.1, 0.15) is 32.3 Å². The third-order valence-electron chi connectivity index (χ3n) is 4.62. The van der Waals surface area contributed by atoms with Crippen molar-refractivity contribution < 1.29 is 14.4 Å². The lowest BCUT2D eigenvalue weighted by molar-refractivity contribution is -0.132. The second kappa shape index (κ2) is 8.48. The first-order valence-corrected chi connectivity index (χ1v) is 10.8. The highest BCUT2D eigenvalue weighted by Crippen LogP contribution is 2.27. The van der Waals surface area contributed by atoms with E-state index in [1.807, 2.05) is 28.8 Å². The first kappa shape index (κ1) is 19.3. The number of rotatable bonds is 5. The van der Waals surface area contributed by atoms with Crippen molar-refractivity contribution >= 4 is 40.6 Å². The van der Waals surface area contributed by atoms with Crippen LogP contribution in [0.4, 0.5) is 4.79 Å². The van der Waals surface area contributed by atoms with Gasteiger partial charge < -0.3 is 4.90 Å². The molecule has 3 amide bonds. The number of hydrogen-bond acceptors (Lipinski definition) is 5. The van der Waals surface area contributed by atoms with E-state index in [9.17, 15) is 14.4 Å². The van der Waals surface area contributed by atoms with E-state index in [1.165, 1.54) is 9.80 Å². The van der Waals surface area contributed by atoms with Gasteiger partial charge in [-0.3, -0.25) is 19.3 Å². The average molecular weight is 393 g/mol. The quantitative estimate of drug-likeness (QED) is 0.719. The van der Waals surface area contributed by atoms with Crippen LogP contribution in [0, 0.1) is 0 Å². The molecule has 2 fully saturated rings. The Bertz CT molecular complexity index is 667. The SMILES string of the molecule is CC(C)Sc1ccc(CC(=O)N2CCC(N3C(=O)CSC3=O)CC2)cc1. The van der Waals surface area contributed by atoms with Crippen molar-refractivity contribution in [3.8, 4) is 0 Å². The topological polar surface area (TPSA) is 57.7 Å². The molecule has 0 N–H and O–H groups in total. The largest absolute Gasteiger partial charge is 0.342 e. The summed E-state index contributed by atoms with van der Waals surface area (Å²) in [5, 5.41) is 0.399. The molecule has 2 saturated heterocycles. The summed E-state index contributed by atoms with van der Waals surface area (Å²) < 4.78 is 0. The van der Waals surface area contributed by atoms with Crippen molar-refractivity contribution in [3.63, 3.8) is 0 Å². The molecule has 0 bridgehead atoms. The van der Waals surface area contributed by atoms with Gasteiger partial charge in [0.2, 0.25) is 11.8 Å². The summed E-state index contributed by atoms with van der Waals surface area (Å²) in [6.07, 6.45) is 1.75. The molecule has 1 aromatic carbocycles. The zero-order valence-corrected chi connectivity index (χ0v) is 16.8. The second-order valence-corrected chi connectivity index (χ2v) is 9.49. The Morgan fingerprint density at radius 2 is 1.85 bits per heavy atom. The van der Waals surface area contributed by atoms with E-state index >= 15 is 0 Å². The number of amides is 3. The zero-order valence-electron chi connectivity index (χ0n) is 15.1. The third kappa shape index (κ3) is 4.62. The number of carbonyl (C=O) groups is 3. The number of likely N-dealkylation sites (tertiary alicyclic amines) is 1. The second-order valence-electron chi connectivity index (χ2n) is 6.92. The van der Waals surface area contributed by atoms with E-state index in [1.54, 1.807) is 0 Å². The van der Waals surface area contributed by atoms with Gasteiger partial charge in [-0.1, -0.05) is 37.7 Å². The molecule has 2 aliphatic heterocycles. The molecule has 0 radical (unpaired) electrons. The van der Waals surface area contributed by atoms with E-state index in [0.29, 0.717) is 37.6 Å². The standard InChI is InChI=1S/C19H24N2O3S2/c1-13(2)26-16-5-3-14(4-6-16)11-17(22)20-9-7-15(8-10-20)21-18(23)12-25-19(21)24/h3-6,13,15H,7-12H2,1-2H3. The van der Waals surface area contributed by atoms with Crippen LogP contribution in [-0.4, -0.2) is 57.0 Å². The number of piperidine rings is 1. The highest BCUT2D eigenvalue weighted by molar-refractivity contribution is 8.14. The van der Waals surface area contributed by atoms with E-state index < -0.39 is 0 Å². The van der Waals surface area contributed by atoms with Crippen LogP contribution >= 0.6 is 23.5 Å². The van der Waals surface area contributed by atoms with Crippen LogP contribution in [0.25, 0.3) is 0 Å². The van der Waals surface area contributed by atoms with Crippen molar-refractivity contribution in [2.45, 2.75) is 49.3 Å². The van der Waals surface area contributed by atoms with E-state index in [4.69, 9.17) is 0 Å². The van der Waals surface area contributed by atoms with Crippen molar-refractivity contribution in [3.05, 3.63) is 29.8 Å². The summed E-state index contributed by atoms with van der Waals surface area (Å²) >= 11 is 2.89. The zero-order chi connectivity index (χ0) is 18.7. The minimum absolute atomic E-state index is 0.0543. The van der Waals surface area contributed by atoms with Crippen LogP contribution in [-0.2, 0) is 16.0 Å². The van der Waals surface area contributed by atoms with Gasteiger partial charge >= 0.3 is 0 Å². The molecule has 0 aliphatic carbocycles. The first-order chi connectivity index (χ1) is 12.4. The van der Waals surface area contributed by atoms with Crippen LogP contribution in [0.5, 0.6) is 0 Å². The fourth-order valence-electron chi connectivity index (χ4n) is 3.34. The number of carbonyl (C=O) groups excluding carboxylic acids is 3. The van der Waals surface area contributed by atoms with Gasteiger partial charge in [0, 0.05) is 29.3 Å². The van der Waals surface area contributed by atoms with E-state index in [0.717, 1.165) is 17.3 Å². The molecule has 0 unspecified atom stereocenters. The van der Waals surface area contributed by atoms with E-state index in [-0.39, 0.29) is 28.8 Å². The predicted molar refractivity (Wildman–Crippen MR) is 105 cm³/mol. The Labute approximate surface area is 162 Å². The molecule has 0 atom stereocenters. The lowest BCUT2D eigenvalue weighted by atomic mass is 10.0. The predicted octanol–water partition coefficient (Wildman–Crippen LogP) is 3.42. The molecular weight excluding hydrogens is 368 g/mol. The Balaban J connectivity index is 1.50. The van der Waals surface area contributed by atoms with Gasteiger partial charge in [0.1, 0.15) is 0 Å². The summed E-state index contributed by atoms with van der Waals surface area (Å²) in [5.41, 5.74) is 1.02. The van der Waals surface area contributed by atoms with Gasteiger partial charge in [-0.25, -0.2) is 0 Å². The molecule has 2 heterocycles. The molecule has 7 heteroatoms. The average Bonchev–Trinajstić information content (AvgIpc) is 2.95. The Kier molecular flexibility index (Phi) is 6.29. The minimum atomic E-state index is -0.140. The first-order valence-electron chi connectivity index (χ1n) is 8.96. The lowest BCUT2D eigenvalue weighted by Crippen LogP contribution is -2.48. The summed E-state index contributed by atoms with van der Waals surface area (Å²) in [4.78, 5) is 40.7. The third-order valence-corrected chi connectivity index (χ3v) is 6.47. The molecule has 26 heavy (non-hydrogen) atoms. The maximum Gasteiger partial charge on any atom is 0.289 e. The van der Waals surface area contributed by atoms with Crippen LogP contribution < -0.4 is 0 Å². The molecule has 1 aromatic rings. The number of benzene rings is 1. The summed E-state index contributed by atoms with van der Waals surface area (Å²) in [6.45, 7) is 5.53. The van der Waals surface area contributed by atoms with E-state index in [2.05, 4.69) is 26.0 Å². The molecule has 0 saturated carbocycles. The summed E-state index contributed by atoms with van der Waals surface area (Å²) in [6, 6.07) is 8.13. The number of hydrogen-bond donors (Lipinski definition) is 0. The summed E-state index contributed by atoms with van der Waals surface area (Å²) in [7, 11) is 0. The summed E-state index contributed by atoms with van der Waals surface area (Å²) in [5.74, 6) is 0.272. The smallest absolute Gasteiger partial charge is 0.289 e. The maximum atomic E-state index is 12.6. The highest BCUT2D eigenvalue weighted by atomic mass is 32.2. The Hall–Kier alpha value is -1.47.